The van der Waals surface area contributed by atoms with Gasteiger partial charge in [0.25, 0.3) is 5.24 Å². The molecule has 1 aliphatic heterocycles. The highest BCUT2D eigenvalue weighted by atomic mass is 32.2. The topological polar surface area (TPSA) is 79.0 Å². The van der Waals surface area contributed by atoms with Crippen molar-refractivity contribution in [3.05, 3.63) is 11.9 Å². The van der Waals surface area contributed by atoms with Crippen molar-refractivity contribution in [2.45, 2.75) is 6.54 Å². The van der Waals surface area contributed by atoms with Crippen LogP contribution < -0.4 is 0 Å². The van der Waals surface area contributed by atoms with Crippen molar-refractivity contribution in [3.8, 4) is 0 Å². The van der Waals surface area contributed by atoms with Crippen LogP contribution in [0.5, 0.6) is 0 Å². The number of hydrogen-bond acceptors (Lipinski definition) is 5. The molecule has 13 heavy (non-hydrogen) atoms. The third-order valence-electron chi connectivity index (χ3n) is 1.63. The fourth-order valence-corrected chi connectivity index (χ4v) is 1.72. The highest BCUT2D eigenvalue weighted by Crippen LogP contribution is 2.20. The number of nitrogens with one attached hydrogen (secondary N) is 1. The van der Waals surface area contributed by atoms with Gasteiger partial charge in [0.05, 0.1) is 18.5 Å². The molecule has 1 fully saturated rings. The van der Waals surface area contributed by atoms with Gasteiger partial charge in [0.15, 0.2) is 0 Å². The zero-order valence-electron chi connectivity index (χ0n) is 6.56. The van der Waals surface area contributed by atoms with Crippen molar-refractivity contribution in [3.63, 3.8) is 0 Å². The van der Waals surface area contributed by atoms with Crippen LogP contribution >= 0.6 is 11.8 Å². The Morgan fingerprint density at radius 1 is 1.62 bits per heavy atom. The summed E-state index contributed by atoms with van der Waals surface area (Å²) in [5.41, 5.74) is 0.587. The molecule has 0 bridgehead atoms. The maximum atomic E-state index is 11.1. The fraction of sp³-hybridized carbons (Fsp3) is 0.333. The molecule has 2 rings (SSSR count). The van der Waals surface area contributed by atoms with E-state index in [4.69, 9.17) is 0 Å². The van der Waals surface area contributed by atoms with Crippen molar-refractivity contribution in [2.75, 3.05) is 5.75 Å². The second-order valence-electron chi connectivity index (χ2n) is 2.50. The Morgan fingerprint density at radius 2 is 2.46 bits per heavy atom. The van der Waals surface area contributed by atoms with Crippen molar-refractivity contribution in [1.29, 1.82) is 0 Å². The molecule has 6 nitrogen and oxygen atoms in total. The molecule has 2 amide bonds. The van der Waals surface area contributed by atoms with E-state index in [0.29, 0.717) is 5.69 Å². The number of thioether (sulfide) groups is 1. The van der Waals surface area contributed by atoms with Gasteiger partial charge in [-0.05, 0) is 0 Å². The third-order valence-corrected chi connectivity index (χ3v) is 2.48. The number of nitrogens with zero attached hydrogens (tertiary/aromatic N) is 3. The smallest absolute Gasteiger partial charge is 0.273 e. The number of imide groups is 1. The average Bonchev–Trinajstić information content (AvgIpc) is 2.70. The molecule has 0 radical (unpaired) electrons. The minimum atomic E-state index is -0.215. The minimum absolute atomic E-state index is 0.169. The van der Waals surface area contributed by atoms with Crippen LogP contribution in [0.2, 0.25) is 0 Å². The van der Waals surface area contributed by atoms with E-state index in [2.05, 4.69) is 15.4 Å². The standard InChI is InChI=1S/C6H6N4O2S/c11-5-3-13-6(12)10(5)2-4-1-7-9-8-4/h1H,2-3H2,(H,7,8,9). The Hall–Kier alpha value is -1.37. The van der Waals surface area contributed by atoms with E-state index in [1.54, 1.807) is 0 Å². The molecule has 0 spiro atoms. The van der Waals surface area contributed by atoms with Crippen LogP contribution in [-0.4, -0.2) is 37.2 Å². The summed E-state index contributed by atoms with van der Waals surface area (Å²) in [4.78, 5) is 23.4. The Kier molecular flexibility index (Phi) is 2.01. The predicted molar refractivity (Wildman–Crippen MR) is 44.8 cm³/mol. The molecule has 1 N–H and O–H groups in total. The maximum absolute atomic E-state index is 11.1. The molecule has 1 aromatic heterocycles. The SMILES string of the molecule is O=C1CSC(=O)N1Cc1cn[nH]n1. The second-order valence-corrected chi connectivity index (χ2v) is 3.42. The lowest BCUT2D eigenvalue weighted by Gasteiger charge is -2.09. The van der Waals surface area contributed by atoms with Gasteiger partial charge < -0.3 is 0 Å². The fourth-order valence-electron chi connectivity index (χ4n) is 0.997. The van der Waals surface area contributed by atoms with Crippen LogP contribution in [0.15, 0.2) is 6.20 Å². The number of carbonyl (C=O) groups excluding carboxylic acids is 2. The molecule has 0 aliphatic carbocycles. The zero-order valence-corrected chi connectivity index (χ0v) is 7.37. The number of amides is 2. The molecule has 7 heteroatoms. The van der Waals surface area contributed by atoms with Crippen molar-refractivity contribution < 1.29 is 9.59 Å². The summed E-state index contributed by atoms with van der Waals surface area (Å²) < 4.78 is 0. The Balaban J connectivity index is 2.09. The summed E-state index contributed by atoms with van der Waals surface area (Å²) in [6.45, 7) is 0.209. The van der Waals surface area contributed by atoms with E-state index in [0.717, 1.165) is 11.8 Å². The van der Waals surface area contributed by atoms with E-state index < -0.39 is 0 Å². The van der Waals surface area contributed by atoms with E-state index in [9.17, 15) is 9.59 Å². The molecule has 0 atom stereocenters. The minimum Gasteiger partial charge on any atom is -0.273 e. The number of aromatic amines is 1. The number of aromatic nitrogens is 3. The van der Waals surface area contributed by atoms with Crippen LogP contribution in [0.4, 0.5) is 4.79 Å². The molecule has 0 unspecified atom stereocenters. The van der Waals surface area contributed by atoms with Gasteiger partial charge in [0, 0.05) is 0 Å². The summed E-state index contributed by atoms with van der Waals surface area (Å²) in [6, 6.07) is 0. The van der Waals surface area contributed by atoms with Gasteiger partial charge in [-0.15, -0.1) is 0 Å². The van der Waals surface area contributed by atoms with Gasteiger partial charge in [0.2, 0.25) is 5.91 Å². The van der Waals surface area contributed by atoms with Gasteiger partial charge in [0.1, 0.15) is 5.69 Å². The molecule has 0 aromatic carbocycles. The summed E-state index contributed by atoms with van der Waals surface area (Å²) in [7, 11) is 0. The Labute approximate surface area is 77.7 Å². The lowest BCUT2D eigenvalue weighted by atomic mass is 10.4. The van der Waals surface area contributed by atoms with Crippen molar-refractivity contribution >= 4 is 22.9 Å². The first kappa shape index (κ1) is 8.24. The van der Waals surface area contributed by atoms with Crippen LogP contribution in [0.1, 0.15) is 5.69 Å². The van der Waals surface area contributed by atoms with Crippen molar-refractivity contribution in [2.24, 2.45) is 0 Å². The van der Waals surface area contributed by atoms with Crippen molar-refractivity contribution in [1.82, 2.24) is 20.3 Å². The van der Waals surface area contributed by atoms with E-state index in [1.165, 1.54) is 11.1 Å². The van der Waals surface area contributed by atoms with Gasteiger partial charge in [-0.1, -0.05) is 11.8 Å². The Morgan fingerprint density at radius 3 is 3.00 bits per heavy atom. The first-order chi connectivity index (χ1) is 6.27. The summed E-state index contributed by atoms with van der Waals surface area (Å²) in [5.74, 6) is 0.0643. The summed E-state index contributed by atoms with van der Waals surface area (Å²) in [6.07, 6.45) is 1.49. The van der Waals surface area contributed by atoms with E-state index >= 15 is 0 Å². The molecular formula is C6H6N4O2S. The van der Waals surface area contributed by atoms with Crippen LogP contribution in [0.25, 0.3) is 0 Å². The summed E-state index contributed by atoms with van der Waals surface area (Å²) >= 11 is 1.01. The Bertz CT molecular complexity index is 320. The third kappa shape index (κ3) is 1.55. The molecule has 1 aliphatic rings. The van der Waals surface area contributed by atoms with Crippen LogP contribution in [0, 0.1) is 0 Å². The molecule has 68 valence electrons. The number of rotatable bonds is 2. The summed E-state index contributed by atoms with van der Waals surface area (Å²) in [5, 5.41) is 9.54. The molecular weight excluding hydrogens is 192 g/mol. The van der Waals surface area contributed by atoms with Gasteiger partial charge in [-0.3, -0.25) is 14.5 Å². The first-order valence-corrected chi connectivity index (χ1v) is 4.57. The quantitative estimate of drug-likeness (QED) is 0.723. The van der Waals surface area contributed by atoms with Crippen LogP contribution in [-0.2, 0) is 11.3 Å². The van der Waals surface area contributed by atoms with Gasteiger partial charge >= 0.3 is 0 Å². The normalized spacial score (nSPS) is 17.1. The average molecular weight is 198 g/mol. The highest BCUT2D eigenvalue weighted by Gasteiger charge is 2.30. The monoisotopic (exact) mass is 198 g/mol. The molecule has 2 heterocycles. The zero-order chi connectivity index (χ0) is 9.26. The molecule has 0 saturated carbocycles. The maximum Gasteiger partial charge on any atom is 0.289 e. The lowest BCUT2D eigenvalue weighted by molar-refractivity contribution is -0.125. The highest BCUT2D eigenvalue weighted by molar-refractivity contribution is 8.14. The first-order valence-electron chi connectivity index (χ1n) is 3.59. The van der Waals surface area contributed by atoms with Gasteiger partial charge in [-0.2, -0.15) is 15.4 Å². The van der Waals surface area contributed by atoms with E-state index in [-0.39, 0.29) is 23.4 Å². The largest absolute Gasteiger partial charge is 0.289 e. The van der Waals surface area contributed by atoms with E-state index in [1.807, 2.05) is 0 Å². The van der Waals surface area contributed by atoms with Gasteiger partial charge in [-0.25, -0.2) is 0 Å². The number of hydrogen-bond donors (Lipinski definition) is 1. The predicted octanol–water partition coefficient (Wildman–Crippen LogP) is 0.000100. The lowest BCUT2D eigenvalue weighted by Crippen LogP contribution is -2.28. The number of H-pyrrole nitrogens is 1. The van der Waals surface area contributed by atoms with Crippen LogP contribution in [0.3, 0.4) is 0 Å². The number of carbonyl (C=O) groups is 2. The molecule has 1 aromatic rings. The second kappa shape index (κ2) is 3.17. The molecule has 1 saturated heterocycles.